The summed E-state index contributed by atoms with van der Waals surface area (Å²) in [6.07, 6.45) is 7.07. The molecule has 3 aromatic rings. The average Bonchev–Trinajstić information content (AvgIpc) is 3.26. The van der Waals surface area contributed by atoms with E-state index in [0.717, 1.165) is 42.3 Å². The van der Waals surface area contributed by atoms with Crippen molar-refractivity contribution in [2.24, 2.45) is 5.92 Å². The van der Waals surface area contributed by atoms with Crippen LogP contribution >= 0.6 is 0 Å². The third-order valence-electron chi connectivity index (χ3n) is 5.38. The predicted molar refractivity (Wildman–Crippen MR) is 109 cm³/mol. The highest BCUT2D eigenvalue weighted by molar-refractivity contribution is 5.93. The summed E-state index contributed by atoms with van der Waals surface area (Å²) >= 11 is 0. The van der Waals surface area contributed by atoms with Gasteiger partial charge in [-0.25, -0.2) is 4.98 Å². The Bertz CT molecular complexity index is 952. The van der Waals surface area contributed by atoms with Crippen LogP contribution in [-0.4, -0.2) is 38.7 Å². The summed E-state index contributed by atoms with van der Waals surface area (Å²) in [6, 6.07) is 9.86. The first-order valence-corrected chi connectivity index (χ1v) is 9.56. The van der Waals surface area contributed by atoms with Crippen molar-refractivity contribution in [2.45, 2.75) is 26.7 Å². The fraction of sp³-hybridized carbons (Fsp3) is 0.333. The van der Waals surface area contributed by atoms with Gasteiger partial charge in [0.1, 0.15) is 6.33 Å². The number of benzene rings is 1. The number of carbonyl (C=O) groups is 1. The highest BCUT2D eigenvalue weighted by atomic mass is 16.1. The van der Waals surface area contributed by atoms with E-state index in [-0.39, 0.29) is 11.8 Å². The van der Waals surface area contributed by atoms with E-state index in [2.05, 4.69) is 38.4 Å². The van der Waals surface area contributed by atoms with E-state index in [9.17, 15) is 4.79 Å². The van der Waals surface area contributed by atoms with E-state index < -0.39 is 0 Å². The van der Waals surface area contributed by atoms with E-state index in [0.29, 0.717) is 6.54 Å². The number of nitrogens with one attached hydrogen (secondary N) is 1. The SMILES string of the molecule is Cc1cccc(NC(=O)C2CCCN(c3ccc(-n4ccnc4)nn3)C2)c1C. The van der Waals surface area contributed by atoms with Crippen LogP contribution < -0.4 is 10.2 Å². The Hall–Kier alpha value is -3.22. The second-order valence-electron chi connectivity index (χ2n) is 7.24. The zero-order valence-electron chi connectivity index (χ0n) is 16.2. The molecular weight excluding hydrogens is 352 g/mol. The van der Waals surface area contributed by atoms with E-state index in [1.54, 1.807) is 12.5 Å². The van der Waals surface area contributed by atoms with Crippen LogP contribution in [0.4, 0.5) is 11.5 Å². The first-order chi connectivity index (χ1) is 13.6. The quantitative estimate of drug-likeness (QED) is 0.757. The minimum atomic E-state index is -0.0659. The van der Waals surface area contributed by atoms with Crippen LogP contribution in [0.2, 0.25) is 0 Å². The van der Waals surface area contributed by atoms with Crippen LogP contribution in [0.15, 0.2) is 49.1 Å². The molecule has 3 heterocycles. The standard InChI is InChI=1S/C21H24N6O/c1-15-5-3-7-18(16(15)2)23-21(28)17-6-4-11-26(13-17)19-8-9-20(25-24-19)27-12-10-22-14-27/h3,5,7-10,12,14,17H,4,6,11,13H2,1-2H3,(H,23,28). The van der Waals surface area contributed by atoms with Gasteiger partial charge in [-0.15, -0.1) is 10.2 Å². The molecular formula is C21H24N6O. The number of rotatable bonds is 4. The van der Waals surface area contributed by atoms with Gasteiger partial charge in [-0.2, -0.15) is 0 Å². The molecule has 4 rings (SSSR count). The number of hydrogen-bond acceptors (Lipinski definition) is 5. The van der Waals surface area contributed by atoms with Crippen molar-refractivity contribution in [3.8, 4) is 5.82 Å². The van der Waals surface area contributed by atoms with Crippen molar-refractivity contribution in [1.29, 1.82) is 0 Å². The van der Waals surface area contributed by atoms with Crippen LogP contribution in [0, 0.1) is 19.8 Å². The van der Waals surface area contributed by atoms with E-state index in [4.69, 9.17) is 0 Å². The molecule has 1 amide bonds. The van der Waals surface area contributed by atoms with Gasteiger partial charge in [0.05, 0.1) is 5.92 Å². The summed E-state index contributed by atoms with van der Waals surface area (Å²) in [5.41, 5.74) is 3.19. The summed E-state index contributed by atoms with van der Waals surface area (Å²) < 4.78 is 1.81. The van der Waals surface area contributed by atoms with Crippen LogP contribution in [0.3, 0.4) is 0 Å². The highest BCUT2D eigenvalue weighted by Crippen LogP contribution is 2.24. The maximum Gasteiger partial charge on any atom is 0.229 e. The molecule has 2 aromatic heterocycles. The molecule has 144 valence electrons. The molecule has 0 radical (unpaired) electrons. The van der Waals surface area contributed by atoms with Gasteiger partial charge in [0, 0.05) is 31.2 Å². The first kappa shape index (κ1) is 18.2. The van der Waals surface area contributed by atoms with Gasteiger partial charge in [-0.1, -0.05) is 12.1 Å². The molecule has 0 spiro atoms. The smallest absolute Gasteiger partial charge is 0.229 e. The zero-order valence-corrected chi connectivity index (χ0v) is 16.2. The number of carbonyl (C=O) groups excluding carboxylic acids is 1. The number of nitrogens with zero attached hydrogens (tertiary/aromatic N) is 5. The fourth-order valence-electron chi connectivity index (χ4n) is 3.54. The number of anilines is 2. The molecule has 7 heteroatoms. The van der Waals surface area contributed by atoms with E-state index >= 15 is 0 Å². The zero-order chi connectivity index (χ0) is 19.5. The van der Waals surface area contributed by atoms with Crippen molar-refractivity contribution < 1.29 is 4.79 Å². The molecule has 0 aliphatic carbocycles. The van der Waals surface area contributed by atoms with Gasteiger partial charge in [0.25, 0.3) is 0 Å². The molecule has 28 heavy (non-hydrogen) atoms. The number of aryl methyl sites for hydroxylation is 1. The number of amides is 1. The topological polar surface area (TPSA) is 75.9 Å². The van der Waals surface area contributed by atoms with Gasteiger partial charge < -0.3 is 10.2 Å². The molecule has 1 aromatic carbocycles. The monoisotopic (exact) mass is 376 g/mol. The van der Waals surface area contributed by atoms with E-state index in [1.807, 2.05) is 42.0 Å². The molecule has 1 fully saturated rings. The highest BCUT2D eigenvalue weighted by Gasteiger charge is 2.27. The molecule has 1 aliphatic rings. The molecule has 1 aliphatic heterocycles. The van der Waals surface area contributed by atoms with E-state index in [1.165, 1.54) is 5.56 Å². The van der Waals surface area contributed by atoms with Gasteiger partial charge >= 0.3 is 0 Å². The Morgan fingerprint density at radius 1 is 1.14 bits per heavy atom. The minimum Gasteiger partial charge on any atom is -0.354 e. The minimum absolute atomic E-state index is 0.0659. The Labute approximate surface area is 164 Å². The van der Waals surface area contributed by atoms with Crippen molar-refractivity contribution in [2.75, 3.05) is 23.3 Å². The Kier molecular flexibility index (Phi) is 5.06. The second-order valence-corrected chi connectivity index (χ2v) is 7.24. The van der Waals surface area contributed by atoms with Crippen LogP contribution in [0.5, 0.6) is 0 Å². The van der Waals surface area contributed by atoms with Gasteiger partial charge in [0.15, 0.2) is 11.6 Å². The number of piperidine rings is 1. The Morgan fingerprint density at radius 2 is 1.96 bits per heavy atom. The normalized spacial score (nSPS) is 16.8. The van der Waals surface area contributed by atoms with Crippen molar-refractivity contribution in [3.63, 3.8) is 0 Å². The molecule has 0 saturated carbocycles. The molecule has 1 N–H and O–H groups in total. The third kappa shape index (κ3) is 3.74. The summed E-state index contributed by atoms with van der Waals surface area (Å²) in [7, 11) is 0. The summed E-state index contributed by atoms with van der Waals surface area (Å²) in [6.45, 7) is 5.62. The van der Waals surface area contributed by atoms with Crippen LogP contribution in [0.25, 0.3) is 5.82 Å². The molecule has 1 atom stereocenters. The predicted octanol–water partition coefficient (Wildman–Crippen LogP) is 3.13. The fourth-order valence-corrected chi connectivity index (χ4v) is 3.54. The first-order valence-electron chi connectivity index (χ1n) is 9.56. The third-order valence-corrected chi connectivity index (χ3v) is 5.38. The summed E-state index contributed by atoms with van der Waals surface area (Å²) in [5, 5.41) is 11.8. The van der Waals surface area contributed by atoms with Gasteiger partial charge in [0.2, 0.25) is 5.91 Å². The number of aromatic nitrogens is 4. The maximum atomic E-state index is 12.8. The lowest BCUT2D eigenvalue weighted by molar-refractivity contribution is -0.120. The average molecular weight is 376 g/mol. The van der Waals surface area contributed by atoms with Crippen LogP contribution in [-0.2, 0) is 4.79 Å². The molecule has 1 unspecified atom stereocenters. The Morgan fingerprint density at radius 3 is 2.71 bits per heavy atom. The Balaban J connectivity index is 1.44. The lowest BCUT2D eigenvalue weighted by Crippen LogP contribution is -2.41. The summed E-state index contributed by atoms with van der Waals surface area (Å²) in [5.74, 6) is 1.53. The maximum absolute atomic E-state index is 12.8. The molecule has 1 saturated heterocycles. The van der Waals surface area contributed by atoms with Gasteiger partial charge in [-0.05, 0) is 56.0 Å². The van der Waals surface area contributed by atoms with Crippen molar-refractivity contribution in [3.05, 3.63) is 60.2 Å². The largest absolute Gasteiger partial charge is 0.354 e. The number of imidazole rings is 1. The molecule has 7 nitrogen and oxygen atoms in total. The lowest BCUT2D eigenvalue weighted by Gasteiger charge is -2.32. The lowest BCUT2D eigenvalue weighted by atomic mass is 9.96. The van der Waals surface area contributed by atoms with Crippen LogP contribution in [0.1, 0.15) is 24.0 Å². The second kappa shape index (κ2) is 7.80. The summed E-state index contributed by atoms with van der Waals surface area (Å²) in [4.78, 5) is 19.0. The van der Waals surface area contributed by atoms with Crippen molar-refractivity contribution in [1.82, 2.24) is 19.7 Å². The molecule has 0 bridgehead atoms. The number of hydrogen-bond donors (Lipinski definition) is 1. The van der Waals surface area contributed by atoms with Crippen molar-refractivity contribution >= 4 is 17.4 Å². The van der Waals surface area contributed by atoms with Gasteiger partial charge in [-0.3, -0.25) is 9.36 Å².